The van der Waals surface area contributed by atoms with Gasteiger partial charge in [-0.1, -0.05) is 41.4 Å². The molecule has 0 bridgehead atoms. The fourth-order valence-electron chi connectivity index (χ4n) is 4.51. The van der Waals surface area contributed by atoms with Crippen LogP contribution in [0.5, 0.6) is 0 Å². The third kappa shape index (κ3) is 3.61. The van der Waals surface area contributed by atoms with Gasteiger partial charge in [-0.25, -0.2) is 9.97 Å². The Morgan fingerprint density at radius 3 is 2.70 bits per heavy atom. The molecule has 2 aliphatic rings. The monoisotopic (exact) mass is 448 g/mol. The summed E-state index contributed by atoms with van der Waals surface area (Å²) in [6, 6.07) is 5.36. The van der Waals surface area contributed by atoms with Gasteiger partial charge in [0, 0.05) is 30.1 Å². The molecule has 2 aliphatic heterocycles. The van der Waals surface area contributed by atoms with Gasteiger partial charge in [-0.05, 0) is 25.8 Å². The largest absolute Gasteiger partial charge is 0.390 e. The number of piperidine rings is 1. The number of benzene rings is 1. The number of rotatable bonds is 4. The first kappa shape index (κ1) is 21.5. The second-order valence-corrected chi connectivity index (χ2v) is 8.86. The van der Waals surface area contributed by atoms with Gasteiger partial charge < -0.3 is 20.5 Å². The first-order chi connectivity index (χ1) is 14.4. The number of aliphatic hydroxyl groups is 1. The van der Waals surface area contributed by atoms with Crippen molar-refractivity contribution in [2.75, 3.05) is 24.6 Å². The Morgan fingerprint density at radius 2 is 2.07 bits per heavy atom. The summed E-state index contributed by atoms with van der Waals surface area (Å²) in [6.07, 6.45) is 3.50. The smallest absolute Gasteiger partial charge is 0.153 e. The van der Waals surface area contributed by atoms with Crippen molar-refractivity contribution in [2.45, 2.75) is 38.5 Å². The molecular weight excluding hydrogens is 423 g/mol. The van der Waals surface area contributed by atoms with Crippen LogP contribution in [0.2, 0.25) is 10.0 Å². The normalized spacial score (nSPS) is 23.2. The Bertz CT molecular complexity index is 960. The topological polar surface area (TPSA) is 84.5 Å². The summed E-state index contributed by atoms with van der Waals surface area (Å²) in [6.45, 7) is 7.72. The number of anilines is 1. The summed E-state index contributed by atoms with van der Waals surface area (Å²) < 4.78 is 5.85. The van der Waals surface area contributed by atoms with E-state index in [4.69, 9.17) is 43.6 Å². The molecule has 6 nitrogen and oxygen atoms in total. The summed E-state index contributed by atoms with van der Waals surface area (Å²) >= 11 is 12.6. The Hall–Kier alpha value is -1.70. The number of aromatic nitrogens is 2. The van der Waals surface area contributed by atoms with E-state index in [1.54, 1.807) is 12.1 Å². The number of aliphatic hydroxyl groups excluding tert-OH is 1. The molecule has 1 spiro atoms. The van der Waals surface area contributed by atoms with Gasteiger partial charge in [0.25, 0.3) is 0 Å². The van der Waals surface area contributed by atoms with E-state index in [1.165, 1.54) is 0 Å². The van der Waals surface area contributed by atoms with Crippen LogP contribution in [0.4, 0.5) is 5.82 Å². The molecule has 2 aromatic rings. The highest BCUT2D eigenvalue weighted by atomic mass is 35.5. The Balaban J connectivity index is 1.61. The molecular formula is C22H26Cl2N4O2. The molecule has 4 rings (SSSR count). The molecule has 2 atom stereocenters. The first-order valence-corrected chi connectivity index (χ1v) is 10.8. The van der Waals surface area contributed by atoms with Gasteiger partial charge in [0.15, 0.2) is 5.82 Å². The van der Waals surface area contributed by atoms with Crippen LogP contribution >= 0.6 is 23.2 Å². The average molecular weight is 449 g/mol. The van der Waals surface area contributed by atoms with Gasteiger partial charge >= 0.3 is 0 Å². The molecule has 0 aliphatic carbocycles. The molecule has 2 fully saturated rings. The predicted molar refractivity (Wildman–Crippen MR) is 120 cm³/mol. The lowest BCUT2D eigenvalue weighted by Crippen LogP contribution is -2.51. The predicted octanol–water partition coefficient (Wildman–Crippen LogP) is 3.75. The third-order valence-corrected chi connectivity index (χ3v) is 7.21. The number of hydrogen-bond donors (Lipinski definition) is 2. The van der Waals surface area contributed by atoms with Gasteiger partial charge in [0.05, 0.1) is 40.8 Å². The molecule has 8 heteroatoms. The minimum absolute atomic E-state index is 0.0362. The first-order valence-electron chi connectivity index (χ1n) is 10.1. The lowest BCUT2D eigenvalue weighted by atomic mass is 9.73. The number of aryl methyl sites for hydroxylation is 1. The van der Waals surface area contributed by atoms with Gasteiger partial charge in [0.2, 0.25) is 0 Å². The highest BCUT2D eigenvalue weighted by molar-refractivity contribution is 6.43. The zero-order valence-electron chi connectivity index (χ0n) is 16.9. The molecule has 3 N–H and O–H groups in total. The summed E-state index contributed by atoms with van der Waals surface area (Å²) in [5.41, 5.74) is 9.03. The number of halogens is 2. The van der Waals surface area contributed by atoms with Crippen LogP contribution in [0.1, 0.15) is 24.2 Å². The molecule has 3 heterocycles. The summed E-state index contributed by atoms with van der Waals surface area (Å²) in [5, 5.41) is 10.9. The lowest BCUT2D eigenvalue weighted by molar-refractivity contribution is 0.109. The lowest BCUT2D eigenvalue weighted by Gasteiger charge is -2.42. The fraction of sp³-hybridized carbons (Fsp3) is 0.455. The van der Waals surface area contributed by atoms with Gasteiger partial charge in [-0.3, -0.25) is 0 Å². The number of nitrogens with zero attached hydrogens (tertiary/aromatic N) is 3. The number of hydrogen-bond acceptors (Lipinski definition) is 6. The molecule has 0 amide bonds. The van der Waals surface area contributed by atoms with E-state index in [0.717, 1.165) is 31.6 Å². The molecule has 30 heavy (non-hydrogen) atoms. The van der Waals surface area contributed by atoms with Crippen molar-refractivity contribution >= 4 is 29.0 Å². The van der Waals surface area contributed by atoms with Crippen molar-refractivity contribution in [1.82, 2.24) is 9.97 Å². The van der Waals surface area contributed by atoms with Crippen molar-refractivity contribution in [1.29, 1.82) is 0 Å². The zero-order valence-corrected chi connectivity index (χ0v) is 18.5. The Kier molecular flexibility index (Phi) is 6.06. The second kappa shape index (κ2) is 8.44. The van der Waals surface area contributed by atoms with Gasteiger partial charge in [0.1, 0.15) is 5.69 Å². The molecule has 1 aromatic heterocycles. The molecule has 2 saturated heterocycles. The van der Waals surface area contributed by atoms with Crippen LogP contribution in [0.3, 0.4) is 0 Å². The maximum absolute atomic E-state index is 10.0. The van der Waals surface area contributed by atoms with E-state index < -0.39 is 0 Å². The van der Waals surface area contributed by atoms with E-state index in [1.807, 2.05) is 19.1 Å². The maximum atomic E-state index is 10.0. The van der Waals surface area contributed by atoms with Crippen molar-refractivity contribution in [2.24, 2.45) is 11.1 Å². The Morgan fingerprint density at radius 1 is 1.33 bits per heavy atom. The van der Waals surface area contributed by atoms with Crippen LogP contribution in [-0.4, -0.2) is 46.9 Å². The van der Waals surface area contributed by atoms with Gasteiger partial charge in [-0.15, -0.1) is 6.58 Å². The van der Waals surface area contributed by atoms with Crippen molar-refractivity contribution in [3.63, 3.8) is 0 Å². The number of nitrogens with two attached hydrogens (primary N) is 1. The second-order valence-electron chi connectivity index (χ2n) is 8.07. The molecule has 0 saturated carbocycles. The van der Waals surface area contributed by atoms with Crippen molar-refractivity contribution in [3.05, 3.63) is 52.3 Å². The van der Waals surface area contributed by atoms with Crippen LogP contribution in [0, 0.1) is 12.3 Å². The minimum atomic E-state index is -0.212. The molecule has 160 valence electrons. The highest BCUT2D eigenvalue weighted by Crippen LogP contribution is 2.43. The number of ether oxygens (including phenoxy) is 1. The third-order valence-electron chi connectivity index (χ3n) is 6.39. The van der Waals surface area contributed by atoms with E-state index in [9.17, 15) is 5.11 Å². The van der Waals surface area contributed by atoms with Crippen LogP contribution in [0.15, 0.2) is 30.9 Å². The summed E-state index contributed by atoms with van der Waals surface area (Å²) in [4.78, 5) is 11.7. The summed E-state index contributed by atoms with van der Waals surface area (Å²) in [5.74, 6) is 0.708. The van der Waals surface area contributed by atoms with Crippen molar-refractivity contribution < 1.29 is 9.84 Å². The SMILES string of the molecule is C=C[C@@H]1OCC2(CCN(c3nc(C)c(-c4cccc(Cl)c4Cl)nc3CO)CC2)[C@@H]1N. The highest BCUT2D eigenvalue weighted by Gasteiger charge is 2.48. The molecule has 0 unspecified atom stereocenters. The summed E-state index contributed by atoms with van der Waals surface area (Å²) in [7, 11) is 0. The van der Waals surface area contributed by atoms with E-state index in [-0.39, 0.29) is 24.2 Å². The van der Waals surface area contributed by atoms with Crippen LogP contribution in [0.25, 0.3) is 11.3 Å². The fourth-order valence-corrected chi connectivity index (χ4v) is 4.90. The Labute approximate surface area is 186 Å². The maximum Gasteiger partial charge on any atom is 0.153 e. The quantitative estimate of drug-likeness (QED) is 0.692. The average Bonchev–Trinajstić information content (AvgIpc) is 3.06. The van der Waals surface area contributed by atoms with E-state index in [0.29, 0.717) is 39.4 Å². The molecule has 1 aromatic carbocycles. The van der Waals surface area contributed by atoms with Crippen LogP contribution < -0.4 is 10.6 Å². The van der Waals surface area contributed by atoms with Crippen molar-refractivity contribution in [3.8, 4) is 11.3 Å². The van der Waals surface area contributed by atoms with Crippen LogP contribution in [-0.2, 0) is 11.3 Å². The minimum Gasteiger partial charge on any atom is -0.390 e. The standard InChI is InChI=1S/C22H26Cl2N4O2/c1-3-17-20(25)22(12-30-17)7-9-28(10-8-22)21-16(11-29)27-19(13(2)26-21)14-5-4-6-15(23)18(14)24/h3-6,17,20,29H,1,7-12,25H2,2H3/t17-,20+/m0/s1. The van der Waals surface area contributed by atoms with E-state index in [2.05, 4.69) is 11.5 Å². The molecule has 0 radical (unpaired) electrons. The van der Waals surface area contributed by atoms with Gasteiger partial charge in [-0.2, -0.15) is 0 Å². The zero-order chi connectivity index (χ0) is 21.5. The van der Waals surface area contributed by atoms with E-state index >= 15 is 0 Å².